The number of ether oxygens (including phenoxy) is 1. The van der Waals surface area contributed by atoms with Crippen LogP contribution in [-0.4, -0.2) is 37.2 Å². The van der Waals surface area contributed by atoms with Gasteiger partial charge < -0.3 is 15.4 Å². The van der Waals surface area contributed by atoms with Crippen molar-refractivity contribution in [2.75, 3.05) is 13.2 Å². The molecule has 2 atom stereocenters. The zero-order valence-corrected chi connectivity index (χ0v) is 10.5. The van der Waals surface area contributed by atoms with E-state index in [4.69, 9.17) is 4.74 Å². The summed E-state index contributed by atoms with van der Waals surface area (Å²) in [5, 5.41) is 6.60. The fraction of sp³-hybridized carbons (Fsp3) is 0.909. The summed E-state index contributed by atoms with van der Waals surface area (Å²) in [5.41, 5.74) is 0. The summed E-state index contributed by atoms with van der Waals surface area (Å²) in [6.45, 7) is 2.71. The van der Waals surface area contributed by atoms with E-state index in [0.29, 0.717) is 24.7 Å². The first-order valence-corrected chi connectivity index (χ1v) is 5.91. The maximum absolute atomic E-state index is 11.4. The third kappa shape index (κ3) is 3.61. The molecular formula is C11H21ClN2O2. The Balaban J connectivity index is 0.00000128. The Labute approximate surface area is 103 Å². The molecule has 4 nitrogen and oxygen atoms in total. The molecule has 2 bridgehead atoms. The largest absolute Gasteiger partial charge is 0.372 e. The molecule has 0 aliphatic carbocycles. The highest BCUT2D eigenvalue weighted by atomic mass is 35.5. The molecule has 2 aliphatic heterocycles. The van der Waals surface area contributed by atoms with Crippen LogP contribution in [0.2, 0.25) is 0 Å². The first-order valence-electron chi connectivity index (χ1n) is 5.91. The number of carbonyl (C=O) groups is 1. The van der Waals surface area contributed by atoms with Gasteiger partial charge in [0.05, 0.1) is 0 Å². The number of amides is 1. The van der Waals surface area contributed by atoms with Crippen LogP contribution in [-0.2, 0) is 9.53 Å². The second-order valence-electron chi connectivity index (χ2n) is 4.51. The van der Waals surface area contributed by atoms with E-state index in [1.54, 1.807) is 0 Å². The Bertz CT molecular complexity index is 226. The molecule has 1 amide bonds. The Kier molecular flexibility index (Phi) is 5.52. The van der Waals surface area contributed by atoms with Crippen molar-refractivity contribution >= 4 is 18.3 Å². The average molecular weight is 249 g/mol. The lowest BCUT2D eigenvalue weighted by molar-refractivity contribution is -0.126. The molecule has 2 heterocycles. The predicted octanol–water partition coefficient (Wildman–Crippen LogP) is 0.844. The Morgan fingerprint density at radius 1 is 1.38 bits per heavy atom. The standard InChI is InChI=1S/C11H20N2O2.ClH/c1-2-15-7-11(14)13-10-5-8-3-4-9(6-10)12-8;/h8-10,12H,2-7H2,1H3,(H,13,14);1H. The molecule has 2 unspecified atom stereocenters. The van der Waals surface area contributed by atoms with Gasteiger partial charge in [0.15, 0.2) is 0 Å². The van der Waals surface area contributed by atoms with Crippen LogP contribution in [0.25, 0.3) is 0 Å². The summed E-state index contributed by atoms with van der Waals surface area (Å²) in [7, 11) is 0. The van der Waals surface area contributed by atoms with Gasteiger partial charge in [0, 0.05) is 24.7 Å². The van der Waals surface area contributed by atoms with Crippen molar-refractivity contribution in [2.45, 2.75) is 50.7 Å². The van der Waals surface area contributed by atoms with Gasteiger partial charge in [-0.05, 0) is 32.6 Å². The highest BCUT2D eigenvalue weighted by molar-refractivity contribution is 5.85. The number of nitrogens with one attached hydrogen (secondary N) is 2. The van der Waals surface area contributed by atoms with Crippen LogP contribution in [0.3, 0.4) is 0 Å². The first-order chi connectivity index (χ1) is 7.28. The average Bonchev–Trinajstić information content (AvgIpc) is 2.55. The summed E-state index contributed by atoms with van der Waals surface area (Å²) < 4.78 is 5.08. The molecule has 0 aromatic carbocycles. The quantitative estimate of drug-likeness (QED) is 0.776. The molecule has 16 heavy (non-hydrogen) atoms. The minimum Gasteiger partial charge on any atom is -0.372 e. The normalized spacial score (nSPS) is 31.9. The lowest BCUT2D eigenvalue weighted by Gasteiger charge is -2.29. The molecule has 2 rings (SSSR count). The lowest BCUT2D eigenvalue weighted by atomic mass is 10.00. The zero-order valence-electron chi connectivity index (χ0n) is 9.70. The van der Waals surface area contributed by atoms with Crippen molar-refractivity contribution in [2.24, 2.45) is 0 Å². The molecule has 0 spiro atoms. The molecule has 2 aliphatic rings. The van der Waals surface area contributed by atoms with E-state index in [2.05, 4.69) is 10.6 Å². The zero-order chi connectivity index (χ0) is 10.7. The number of fused-ring (bicyclic) bond motifs is 2. The van der Waals surface area contributed by atoms with Crippen LogP contribution in [0, 0.1) is 0 Å². The van der Waals surface area contributed by atoms with E-state index in [9.17, 15) is 4.79 Å². The molecule has 94 valence electrons. The Morgan fingerprint density at radius 3 is 2.56 bits per heavy atom. The molecule has 5 heteroatoms. The number of carbonyl (C=O) groups excluding carboxylic acids is 1. The molecular weight excluding hydrogens is 228 g/mol. The molecule has 2 saturated heterocycles. The monoisotopic (exact) mass is 248 g/mol. The van der Waals surface area contributed by atoms with E-state index in [0.717, 1.165) is 12.8 Å². The number of hydrogen-bond donors (Lipinski definition) is 2. The minimum absolute atomic E-state index is 0. The molecule has 0 saturated carbocycles. The van der Waals surface area contributed by atoms with Crippen molar-refractivity contribution in [3.05, 3.63) is 0 Å². The Hall–Kier alpha value is -0.320. The summed E-state index contributed by atoms with van der Waals surface area (Å²) in [5.74, 6) is 0.0307. The van der Waals surface area contributed by atoms with E-state index in [1.807, 2.05) is 6.92 Å². The highest BCUT2D eigenvalue weighted by Gasteiger charge is 2.33. The van der Waals surface area contributed by atoms with Crippen LogP contribution in [0.5, 0.6) is 0 Å². The third-order valence-electron chi connectivity index (χ3n) is 3.28. The van der Waals surface area contributed by atoms with E-state index in [-0.39, 0.29) is 24.9 Å². The number of hydrogen-bond acceptors (Lipinski definition) is 3. The van der Waals surface area contributed by atoms with Crippen LogP contribution in [0.15, 0.2) is 0 Å². The van der Waals surface area contributed by atoms with Gasteiger partial charge in [-0.25, -0.2) is 0 Å². The van der Waals surface area contributed by atoms with E-state index < -0.39 is 0 Å². The van der Waals surface area contributed by atoms with Crippen LogP contribution in [0.1, 0.15) is 32.6 Å². The predicted molar refractivity (Wildman–Crippen MR) is 64.9 cm³/mol. The smallest absolute Gasteiger partial charge is 0.246 e. The summed E-state index contributed by atoms with van der Waals surface area (Å²) in [4.78, 5) is 11.4. The van der Waals surface area contributed by atoms with Crippen molar-refractivity contribution in [3.8, 4) is 0 Å². The summed E-state index contributed by atoms with van der Waals surface area (Å²) in [6, 6.07) is 1.61. The highest BCUT2D eigenvalue weighted by Crippen LogP contribution is 2.26. The van der Waals surface area contributed by atoms with Gasteiger partial charge in [-0.2, -0.15) is 0 Å². The summed E-state index contributed by atoms with van der Waals surface area (Å²) in [6.07, 6.45) is 4.69. The summed E-state index contributed by atoms with van der Waals surface area (Å²) >= 11 is 0. The topological polar surface area (TPSA) is 50.4 Å². The van der Waals surface area contributed by atoms with Gasteiger partial charge in [0.2, 0.25) is 5.91 Å². The number of rotatable bonds is 4. The van der Waals surface area contributed by atoms with Gasteiger partial charge in [-0.15, -0.1) is 12.4 Å². The maximum Gasteiger partial charge on any atom is 0.246 e. The van der Waals surface area contributed by atoms with Crippen molar-refractivity contribution < 1.29 is 9.53 Å². The van der Waals surface area contributed by atoms with Crippen LogP contribution >= 0.6 is 12.4 Å². The van der Waals surface area contributed by atoms with Gasteiger partial charge in [-0.1, -0.05) is 0 Å². The van der Waals surface area contributed by atoms with E-state index in [1.165, 1.54) is 12.8 Å². The number of halogens is 1. The molecule has 0 radical (unpaired) electrons. The van der Waals surface area contributed by atoms with Gasteiger partial charge in [0.1, 0.15) is 6.61 Å². The lowest BCUT2D eigenvalue weighted by Crippen LogP contribution is -2.48. The van der Waals surface area contributed by atoms with Crippen LogP contribution < -0.4 is 10.6 Å². The van der Waals surface area contributed by atoms with Crippen molar-refractivity contribution in [3.63, 3.8) is 0 Å². The molecule has 0 aromatic heterocycles. The van der Waals surface area contributed by atoms with Crippen molar-refractivity contribution in [1.82, 2.24) is 10.6 Å². The fourth-order valence-corrected chi connectivity index (χ4v) is 2.64. The molecule has 2 fully saturated rings. The molecule has 0 aromatic rings. The fourth-order valence-electron chi connectivity index (χ4n) is 2.64. The Morgan fingerprint density at radius 2 is 2.00 bits per heavy atom. The minimum atomic E-state index is 0. The van der Waals surface area contributed by atoms with E-state index >= 15 is 0 Å². The second kappa shape index (κ2) is 6.42. The van der Waals surface area contributed by atoms with Crippen LogP contribution in [0.4, 0.5) is 0 Å². The second-order valence-corrected chi connectivity index (χ2v) is 4.51. The van der Waals surface area contributed by atoms with Gasteiger partial charge in [-0.3, -0.25) is 4.79 Å². The maximum atomic E-state index is 11.4. The van der Waals surface area contributed by atoms with Gasteiger partial charge >= 0.3 is 0 Å². The first kappa shape index (κ1) is 13.7. The third-order valence-corrected chi connectivity index (χ3v) is 3.28. The number of piperidine rings is 1. The van der Waals surface area contributed by atoms with Crippen molar-refractivity contribution in [1.29, 1.82) is 0 Å². The SMILES string of the molecule is CCOCC(=O)NC1CC2CCC(C1)N2.Cl. The van der Waals surface area contributed by atoms with Gasteiger partial charge in [0.25, 0.3) is 0 Å². The molecule has 2 N–H and O–H groups in total.